The largest absolute Gasteiger partial charge is 0.298 e. The second kappa shape index (κ2) is 4.71. The van der Waals surface area contributed by atoms with Gasteiger partial charge < -0.3 is 0 Å². The molecule has 2 nitrogen and oxygen atoms in total. The molecule has 0 fully saturated rings. The highest BCUT2D eigenvalue weighted by molar-refractivity contribution is 5.75. The lowest BCUT2D eigenvalue weighted by Crippen LogP contribution is -1.91. The molecule has 0 unspecified atom stereocenters. The molecule has 0 amide bonds. The number of carbonyl (C=O) groups excluding carboxylic acids is 1. The minimum Gasteiger partial charge on any atom is -0.298 e. The molecular weight excluding hydrogens is 198 g/mol. The molecule has 2 heteroatoms. The molecule has 1 aromatic carbocycles. The third-order valence-electron chi connectivity index (χ3n) is 2.60. The molecule has 0 atom stereocenters. The van der Waals surface area contributed by atoms with Gasteiger partial charge in [-0.05, 0) is 24.1 Å². The maximum atomic E-state index is 10.5. The van der Waals surface area contributed by atoms with E-state index in [-0.39, 0.29) is 0 Å². The molecule has 0 aliphatic carbocycles. The fourth-order valence-corrected chi connectivity index (χ4v) is 1.71. The van der Waals surface area contributed by atoms with Gasteiger partial charge in [-0.3, -0.25) is 9.78 Å². The van der Waals surface area contributed by atoms with E-state index < -0.39 is 0 Å². The first kappa shape index (κ1) is 10.6. The summed E-state index contributed by atoms with van der Waals surface area (Å²) in [5.41, 5.74) is 3.94. The molecule has 0 aliphatic heterocycles. The monoisotopic (exact) mass is 211 g/mol. The van der Waals surface area contributed by atoms with Gasteiger partial charge in [0.25, 0.3) is 0 Å². The highest BCUT2D eigenvalue weighted by atomic mass is 16.1. The van der Waals surface area contributed by atoms with Gasteiger partial charge in [-0.25, -0.2) is 0 Å². The van der Waals surface area contributed by atoms with Crippen LogP contribution in [0.2, 0.25) is 0 Å². The normalized spacial score (nSPS) is 10.1. The molecule has 0 saturated carbocycles. The minimum absolute atomic E-state index is 0.609. The molecule has 0 saturated heterocycles. The van der Waals surface area contributed by atoms with Gasteiger partial charge >= 0.3 is 0 Å². The Morgan fingerprint density at radius 2 is 2.00 bits per heavy atom. The molecule has 80 valence electrons. The van der Waals surface area contributed by atoms with Gasteiger partial charge in [0.2, 0.25) is 0 Å². The van der Waals surface area contributed by atoms with Crippen LogP contribution in [0.4, 0.5) is 0 Å². The number of hydrogen-bond acceptors (Lipinski definition) is 2. The highest BCUT2D eigenvalue weighted by Gasteiger charge is 2.03. The summed E-state index contributed by atoms with van der Waals surface area (Å²) in [6.07, 6.45) is 3.39. The topological polar surface area (TPSA) is 30.0 Å². The molecule has 0 aliphatic rings. The molecule has 0 spiro atoms. The van der Waals surface area contributed by atoms with Crippen molar-refractivity contribution in [2.24, 2.45) is 0 Å². The van der Waals surface area contributed by atoms with Crippen LogP contribution in [-0.2, 0) is 6.42 Å². The zero-order chi connectivity index (χ0) is 11.4. The van der Waals surface area contributed by atoms with Crippen molar-refractivity contribution in [1.29, 1.82) is 0 Å². The second-order valence-electron chi connectivity index (χ2n) is 3.61. The van der Waals surface area contributed by atoms with Crippen molar-refractivity contribution in [1.82, 2.24) is 4.98 Å². The molecule has 1 heterocycles. The molecule has 0 bridgehead atoms. The standard InChI is InChI=1S/C14H13NO/c1-2-12-5-3-4-6-13(12)14-8-7-11(10-16)9-15-14/h3-10H,2H2,1H3. The third-order valence-corrected chi connectivity index (χ3v) is 2.60. The number of aryl methyl sites for hydroxylation is 1. The van der Waals surface area contributed by atoms with Crippen LogP contribution >= 0.6 is 0 Å². The van der Waals surface area contributed by atoms with Crippen LogP contribution in [0.15, 0.2) is 42.6 Å². The van der Waals surface area contributed by atoms with Gasteiger partial charge in [0, 0.05) is 17.3 Å². The highest BCUT2D eigenvalue weighted by Crippen LogP contribution is 2.21. The van der Waals surface area contributed by atoms with Gasteiger partial charge in [-0.1, -0.05) is 31.2 Å². The van der Waals surface area contributed by atoms with Crippen LogP contribution in [-0.4, -0.2) is 11.3 Å². The van der Waals surface area contributed by atoms with Crippen LogP contribution in [0.1, 0.15) is 22.8 Å². The van der Waals surface area contributed by atoms with Crippen LogP contribution in [0.25, 0.3) is 11.3 Å². The van der Waals surface area contributed by atoms with Crippen LogP contribution < -0.4 is 0 Å². The number of aldehydes is 1. The first-order chi connectivity index (χ1) is 7.85. The summed E-state index contributed by atoms with van der Waals surface area (Å²) in [6, 6.07) is 11.9. The Labute approximate surface area is 95.0 Å². The molecule has 16 heavy (non-hydrogen) atoms. The number of carbonyl (C=O) groups is 1. The summed E-state index contributed by atoms with van der Waals surface area (Å²) in [4.78, 5) is 14.8. The number of rotatable bonds is 3. The third kappa shape index (κ3) is 2.01. The summed E-state index contributed by atoms with van der Waals surface area (Å²) < 4.78 is 0. The lowest BCUT2D eigenvalue weighted by atomic mass is 10.0. The first-order valence-corrected chi connectivity index (χ1v) is 5.34. The lowest BCUT2D eigenvalue weighted by molar-refractivity contribution is 0.112. The molecule has 2 rings (SSSR count). The Hall–Kier alpha value is -1.96. The maximum Gasteiger partial charge on any atom is 0.151 e. The van der Waals surface area contributed by atoms with Crippen LogP contribution in [0.3, 0.4) is 0 Å². The number of benzene rings is 1. The van der Waals surface area contributed by atoms with E-state index in [1.165, 1.54) is 5.56 Å². The Kier molecular flexibility index (Phi) is 3.10. The van der Waals surface area contributed by atoms with Gasteiger partial charge in [0.1, 0.15) is 0 Å². The Balaban J connectivity index is 2.45. The Bertz CT molecular complexity index is 488. The van der Waals surface area contributed by atoms with E-state index in [4.69, 9.17) is 0 Å². The molecular formula is C14H13NO. The smallest absolute Gasteiger partial charge is 0.151 e. The average Bonchev–Trinajstić information content (AvgIpc) is 2.39. The number of nitrogens with zero attached hydrogens (tertiary/aromatic N) is 1. The van der Waals surface area contributed by atoms with Crippen molar-refractivity contribution >= 4 is 6.29 Å². The van der Waals surface area contributed by atoms with Gasteiger partial charge in [-0.2, -0.15) is 0 Å². The van der Waals surface area contributed by atoms with Gasteiger partial charge in [-0.15, -0.1) is 0 Å². The summed E-state index contributed by atoms with van der Waals surface area (Å²) in [7, 11) is 0. The van der Waals surface area contributed by atoms with E-state index in [1.807, 2.05) is 18.2 Å². The van der Waals surface area contributed by atoms with Crippen molar-refractivity contribution in [3.8, 4) is 11.3 Å². The van der Waals surface area contributed by atoms with Crippen LogP contribution in [0, 0.1) is 0 Å². The van der Waals surface area contributed by atoms with E-state index in [2.05, 4.69) is 24.0 Å². The number of hydrogen-bond donors (Lipinski definition) is 0. The van der Waals surface area contributed by atoms with Gasteiger partial charge in [0.15, 0.2) is 6.29 Å². The first-order valence-electron chi connectivity index (χ1n) is 5.34. The molecule has 0 radical (unpaired) electrons. The predicted molar refractivity (Wildman–Crippen MR) is 64.4 cm³/mol. The molecule has 2 aromatic rings. The molecule has 0 N–H and O–H groups in total. The number of aromatic nitrogens is 1. The van der Waals surface area contributed by atoms with E-state index in [9.17, 15) is 4.79 Å². The lowest BCUT2D eigenvalue weighted by Gasteiger charge is -2.06. The van der Waals surface area contributed by atoms with E-state index >= 15 is 0 Å². The Morgan fingerprint density at radius 3 is 2.62 bits per heavy atom. The summed E-state index contributed by atoms with van der Waals surface area (Å²) in [5, 5.41) is 0. The van der Waals surface area contributed by atoms with Crippen molar-refractivity contribution in [2.75, 3.05) is 0 Å². The van der Waals surface area contributed by atoms with Crippen LogP contribution in [0.5, 0.6) is 0 Å². The summed E-state index contributed by atoms with van der Waals surface area (Å²) in [6.45, 7) is 2.12. The summed E-state index contributed by atoms with van der Waals surface area (Å²) in [5.74, 6) is 0. The minimum atomic E-state index is 0.609. The van der Waals surface area contributed by atoms with E-state index in [1.54, 1.807) is 12.3 Å². The predicted octanol–water partition coefficient (Wildman–Crippen LogP) is 3.12. The zero-order valence-corrected chi connectivity index (χ0v) is 9.18. The van der Waals surface area contributed by atoms with Crippen molar-refractivity contribution < 1.29 is 4.79 Å². The quantitative estimate of drug-likeness (QED) is 0.730. The fraction of sp³-hybridized carbons (Fsp3) is 0.143. The van der Waals surface area contributed by atoms with E-state index in [0.717, 1.165) is 24.0 Å². The zero-order valence-electron chi connectivity index (χ0n) is 9.18. The van der Waals surface area contributed by atoms with Crippen molar-refractivity contribution in [2.45, 2.75) is 13.3 Å². The maximum absolute atomic E-state index is 10.5. The van der Waals surface area contributed by atoms with Gasteiger partial charge in [0.05, 0.1) is 5.69 Å². The SMILES string of the molecule is CCc1ccccc1-c1ccc(C=O)cn1. The molecule has 1 aromatic heterocycles. The van der Waals surface area contributed by atoms with E-state index in [0.29, 0.717) is 5.56 Å². The van der Waals surface area contributed by atoms with Crippen molar-refractivity contribution in [3.05, 3.63) is 53.7 Å². The number of pyridine rings is 1. The second-order valence-corrected chi connectivity index (χ2v) is 3.61. The average molecular weight is 211 g/mol. The summed E-state index contributed by atoms with van der Waals surface area (Å²) >= 11 is 0. The van der Waals surface area contributed by atoms with Crippen molar-refractivity contribution in [3.63, 3.8) is 0 Å². The Morgan fingerprint density at radius 1 is 1.19 bits per heavy atom. The fourth-order valence-electron chi connectivity index (χ4n) is 1.71.